The van der Waals surface area contributed by atoms with Gasteiger partial charge in [-0.25, -0.2) is 0 Å². The van der Waals surface area contributed by atoms with Crippen molar-refractivity contribution in [3.05, 3.63) is 90.0 Å². The van der Waals surface area contributed by atoms with Crippen LogP contribution in [-0.4, -0.2) is 19.6 Å². The van der Waals surface area contributed by atoms with Gasteiger partial charge in [0.1, 0.15) is 11.5 Å². The van der Waals surface area contributed by atoms with Crippen molar-refractivity contribution in [3.63, 3.8) is 0 Å². The molecule has 0 aliphatic heterocycles. The molecule has 3 aromatic carbocycles. The monoisotopic (exact) mass is 347 g/mol. The third-order valence-corrected chi connectivity index (χ3v) is 3.95. The summed E-state index contributed by atoms with van der Waals surface area (Å²) in [6, 6.07) is 25.2. The normalized spacial score (nSPS) is 10.2. The van der Waals surface area contributed by atoms with Crippen molar-refractivity contribution >= 4 is 11.6 Å². The number of amides is 1. The number of rotatable bonds is 7. The number of nitrogens with one attached hydrogen (secondary N) is 1. The molecule has 26 heavy (non-hydrogen) atoms. The highest BCUT2D eigenvalue weighted by Gasteiger charge is 2.10. The van der Waals surface area contributed by atoms with E-state index in [1.807, 2.05) is 54.6 Å². The summed E-state index contributed by atoms with van der Waals surface area (Å²) in [6.45, 7) is -0.0656. The van der Waals surface area contributed by atoms with E-state index in [0.717, 1.165) is 12.0 Å². The fourth-order valence-corrected chi connectivity index (χ4v) is 2.68. The molecule has 1 amide bonds. The fraction of sp³-hybridized carbons (Fsp3) is 0.136. The lowest BCUT2D eigenvalue weighted by atomic mass is 10.0. The van der Waals surface area contributed by atoms with E-state index in [-0.39, 0.29) is 12.5 Å². The second kappa shape index (κ2) is 8.72. The van der Waals surface area contributed by atoms with Crippen LogP contribution in [0.1, 0.15) is 11.1 Å². The van der Waals surface area contributed by atoms with Gasteiger partial charge in [0.25, 0.3) is 5.91 Å². The Hall–Kier alpha value is -3.27. The number of hydrogen-bond acceptors (Lipinski definition) is 3. The molecular weight excluding hydrogens is 326 g/mol. The number of hydrogen-bond donors (Lipinski definition) is 1. The lowest BCUT2D eigenvalue weighted by molar-refractivity contribution is -0.118. The topological polar surface area (TPSA) is 47.6 Å². The third-order valence-electron chi connectivity index (χ3n) is 3.95. The minimum absolute atomic E-state index is 0.0656. The molecular formula is C22H21NO3. The number of carbonyl (C=O) groups excluding carboxylic acids is 1. The SMILES string of the molecule is COc1ccccc1NC(=O)COc1ccccc1Cc1ccccc1. The van der Waals surface area contributed by atoms with Crippen molar-refractivity contribution in [1.82, 2.24) is 0 Å². The molecule has 1 N–H and O–H groups in total. The predicted octanol–water partition coefficient (Wildman–Crippen LogP) is 4.30. The molecule has 0 heterocycles. The van der Waals surface area contributed by atoms with Gasteiger partial charge in [0.2, 0.25) is 0 Å². The molecule has 0 aliphatic rings. The molecule has 0 spiro atoms. The number of carbonyl (C=O) groups is 1. The molecule has 3 aromatic rings. The Morgan fingerprint density at radius 3 is 2.27 bits per heavy atom. The minimum atomic E-state index is -0.232. The first-order chi connectivity index (χ1) is 12.8. The molecule has 0 aliphatic carbocycles. The van der Waals surface area contributed by atoms with E-state index in [1.54, 1.807) is 19.2 Å². The van der Waals surface area contributed by atoms with Gasteiger partial charge in [-0.1, -0.05) is 60.7 Å². The van der Waals surface area contributed by atoms with Crippen LogP contribution in [0.4, 0.5) is 5.69 Å². The van der Waals surface area contributed by atoms with Gasteiger partial charge >= 0.3 is 0 Å². The largest absolute Gasteiger partial charge is 0.495 e. The molecule has 0 saturated heterocycles. The zero-order valence-electron chi connectivity index (χ0n) is 14.6. The standard InChI is InChI=1S/C22H21NO3/c1-25-21-14-8-6-12-19(21)23-22(24)16-26-20-13-7-5-11-18(20)15-17-9-3-2-4-10-17/h2-14H,15-16H2,1H3,(H,23,24). The van der Waals surface area contributed by atoms with Gasteiger partial charge in [0.15, 0.2) is 6.61 Å². The first-order valence-corrected chi connectivity index (χ1v) is 8.44. The van der Waals surface area contributed by atoms with E-state index in [1.165, 1.54) is 5.56 Å². The van der Waals surface area contributed by atoms with Crippen LogP contribution in [-0.2, 0) is 11.2 Å². The third kappa shape index (κ3) is 4.63. The van der Waals surface area contributed by atoms with Crippen LogP contribution in [0, 0.1) is 0 Å². The lowest BCUT2D eigenvalue weighted by Gasteiger charge is -2.13. The highest BCUT2D eigenvalue weighted by Crippen LogP contribution is 2.24. The average molecular weight is 347 g/mol. The summed E-state index contributed by atoms with van der Waals surface area (Å²) in [5.41, 5.74) is 2.87. The molecule has 0 unspecified atom stereocenters. The maximum absolute atomic E-state index is 12.2. The van der Waals surface area contributed by atoms with E-state index in [2.05, 4.69) is 17.4 Å². The molecule has 132 valence electrons. The maximum atomic E-state index is 12.2. The maximum Gasteiger partial charge on any atom is 0.262 e. The number of anilines is 1. The zero-order valence-corrected chi connectivity index (χ0v) is 14.6. The summed E-state index contributed by atoms with van der Waals surface area (Å²) in [5.74, 6) is 1.10. The van der Waals surface area contributed by atoms with Crippen molar-refractivity contribution in [2.24, 2.45) is 0 Å². The zero-order chi connectivity index (χ0) is 18.2. The van der Waals surface area contributed by atoms with Crippen molar-refractivity contribution < 1.29 is 14.3 Å². The molecule has 0 aromatic heterocycles. The summed E-state index contributed by atoms with van der Waals surface area (Å²) in [7, 11) is 1.57. The summed E-state index contributed by atoms with van der Waals surface area (Å²) < 4.78 is 11.0. The molecule has 0 saturated carbocycles. The van der Waals surface area contributed by atoms with Gasteiger partial charge in [0, 0.05) is 6.42 Å². The molecule has 0 radical (unpaired) electrons. The van der Waals surface area contributed by atoms with E-state index >= 15 is 0 Å². The number of ether oxygens (including phenoxy) is 2. The number of benzene rings is 3. The predicted molar refractivity (Wildman–Crippen MR) is 103 cm³/mol. The van der Waals surface area contributed by atoms with Crippen LogP contribution in [0.3, 0.4) is 0 Å². The highest BCUT2D eigenvalue weighted by atomic mass is 16.5. The van der Waals surface area contributed by atoms with E-state index in [4.69, 9.17) is 9.47 Å². The van der Waals surface area contributed by atoms with Crippen LogP contribution in [0.5, 0.6) is 11.5 Å². The molecule has 4 heteroatoms. The van der Waals surface area contributed by atoms with Crippen molar-refractivity contribution in [2.45, 2.75) is 6.42 Å². The first kappa shape index (κ1) is 17.5. The Morgan fingerprint density at radius 2 is 1.50 bits per heavy atom. The van der Waals surface area contributed by atoms with Crippen molar-refractivity contribution in [3.8, 4) is 11.5 Å². The van der Waals surface area contributed by atoms with E-state index < -0.39 is 0 Å². The smallest absolute Gasteiger partial charge is 0.262 e. The Morgan fingerprint density at radius 1 is 0.846 bits per heavy atom. The molecule has 0 atom stereocenters. The minimum Gasteiger partial charge on any atom is -0.495 e. The number of para-hydroxylation sites is 3. The second-order valence-corrected chi connectivity index (χ2v) is 5.81. The summed E-state index contributed by atoms with van der Waals surface area (Å²) in [6.07, 6.45) is 0.755. The van der Waals surface area contributed by atoms with Crippen molar-refractivity contribution in [2.75, 3.05) is 19.0 Å². The van der Waals surface area contributed by atoms with Crippen LogP contribution in [0.15, 0.2) is 78.9 Å². The second-order valence-electron chi connectivity index (χ2n) is 5.81. The Balaban J connectivity index is 1.63. The molecule has 0 fully saturated rings. The number of methoxy groups -OCH3 is 1. The molecule has 3 rings (SSSR count). The van der Waals surface area contributed by atoms with E-state index in [9.17, 15) is 4.79 Å². The average Bonchev–Trinajstić information content (AvgIpc) is 2.68. The summed E-state index contributed by atoms with van der Waals surface area (Å²) >= 11 is 0. The van der Waals surface area contributed by atoms with Crippen LogP contribution >= 0.6 is 0 Å². The van der Waals surface area contributed by atoms with Gasteiger partial charge in [-0.3, -0.25) is 4.79 Å². The quantitative estimate of drug-likeness (QED) is 0.693. The lowest BCUT2D eigenvalue weighted by Crippen LogP contribution is -2.20. The summed E-state index contributed by atoms with van der Waals surface area (Å²) in [4.78, 5) is 12.2. The van der Waals surface area contributed by atoms with Crippen LogP contribution < -0.4 is 14.8 Å². The fourth-order valence-electron chi connectivity index (χ4n) is 2.68. The van der Waals surface area contributed by atoms with E-state index in [0.29, 0.717) is 17.2 Å². The van der Waals surface area contributed by atoms with Gasteiger partial charge in [0.05, 0.1) is 12.8 Å². The summed E-state index contributed by atoms with van der Waals surface area (Å²) in [5, 5.41) is 2.81. The molecule has 4 nitrogen and oxygen atoms in total. The van der Waals surface area contributed by atoms with Gasteiger partial charge < -0.3 is 14.8 Å². The van der Waals surface area contributed by atoms with Crippen LogP contribution in [0.25, 0.3) is 0 Å². The van der Waals surface area contributed by atoms with Gasteiger partial charge in [-0.2, -0.15) is 0 Å². The first-order valence-electron chi connectivity index (χ1n) is 8.44. The Kier molecular flexibility index (Phi) is 5.88. The Bertz CT molecular complexity index is 862. The van der Waals surface area contributed by atoms with Gasteiger partial charge in [-0.15, -0.1) is 0 Å². The Labute approximate surface area is 153 Å². The van der Waals surface area contributed by atoms with Crippen LogP contribution in [0.2, 0.25) is 0 Å². The highest BCUT2D eigenvalue weighted by molar-refractivity contribution is 5.93. The molecule has 0 bridgehead atoms. The van der Waals surface area contributed by atoms with Gasteiger partial charge in [-0.05, 0) is 29.3 Å². The van der Waals surface area contributed by atoms with Crippen molar-refractivity contribution in [1.29, 1.82) is 0 Å².